The van der Waals surface area contributed by atoms with Crippen molar-refractivity contribution in [2.75, 3.05) is 6.54 Å². The summed E-state index contributed by atoms with van der Waals surface area (Å²) in [4.78, 5) is 24.4. The number of fused-ring (bicyclic) bond motifs is 1. The van der Waals surface area contributed by atoms with Crippen molar-refractivity contribution in [2.45, 2.75) is 31.4 Å². The Bertz CT molecular complexity index is 474. The normalized spacial score (nSPS) is 27.2. The van der Waals surface area contributed by atoms with E-state index < -0.39 is 0 Å². The van der Waals surface area contributed by atoms with Gasteiger partial charge in [-0.05, 0) is 18.4 Å². The molecule has 0 spiro atoms. The van der Waals surface area contributed by atoms with Gasteiger partial charge >= 0.3 is 0 Å². The van der Waals surface area contributed by atoms with Crippen LogP contribution in [0.4, 0.5) is 0 Å². The second kappa shape index (κ2) is 5.03. The molecule has 2 saturated heterocycles. The zero-order chi connectivity index (χ0) is 13.2. The first-order chi connectivity index (χ1) is 9.29. The molecule has 1 amide bonds. The van der Waals surface area contributed by atoms with E-state index in [1.165, 1.54) is 0 Å². The van der Waals surface area contributed by atoms with Gasteiger partial charge in [0.25, 0.3) is 6.47 Å². The molecule has 1 aromatic rings. The fourth-order valence-electron chi connectivity index (χ4n) is 3.35. The molecule has 0 radical (unpaired) electrons. The molecule has 0 unspecified atom stereocenters. The van der Waals surface area contributed by atoms with Crippen molar-refractivity contribution in [1.82, 2.24) is 4.90 Å². The van der Waals surface area contributed by atoms with Crippen LogP contribution in [-0.4, -0.2) is 29.9 Å². The average molecular weight is 259 g/mol. The van der Waals surface area contributed by atoms with Crippen LogP contribution >= 0.6 is 0 Å². The van der Waals surface area contributed by atoms with Gasteiger partial charge in [0.05, 0.1) is 0 Å². The predicted octanol–water partition coefficient (Wildman–Crippen LogP) is 1.91. The van der Waals surface area contributed by atoms with Gasteiger partial charge in [0, 0.05) is 24.9 Å². The van der Waals surface area contributed by atoms with Gasteiger partial charge < -0.3 is 9.64 Å². The van der Waals surface area contributed by atoms with Crippen LogP contribution in [0.1, 0.15) is 30.9 Å². The Balaban J connectivity index is 1.79. The molecule has 2 aliphatic heterocycles. The molecule has 3 atom stereocenters. The summed E-state index contributed by atoms with van der Waals surface area (Å²) >= 11 is 0. The van der Waals surface area contributed by atoms with Crippen LogP contribution in [0.5, 0.6) is 0 Å². The van der Waals surface area contributed by atoms with E-state index in [1.54, 1.807) is 0 Å². The Morgan fingerprint density at radius 1 is 1.32 bits per heavy atom. The Kier molecular flexibility index (Phi) is 3.23. The molecule has 4 nitrogen and oxygen atoms in total. The number of rotatable bonds is 4. The number of amides is 1. The summed E-state index contributed by atoms with van der Waals surface area (Å²) in [6.07, 6.45) is 2.30. The topological polar surface area (TPSA) is 46.6 Å². The molecular weight excluding hydrogens is 242 g/mol. The Morgan fingerprint density at radius 2 is 2.11 bits per heavy atom. The smallest absolute Gasteiger partial charge is 0.293 e. The maximum absolute atomic E-state index is 11.7. The number of carbonyl (C=O) groups excluding carboxylic acids is 2. The molecule has 0 aliphatic carbocycles. The van der Waals surface area contributed by atoms with Crippen molar-refractivity contribution in [1.29, 1.82) is 0 Å². The molecule has 100 valence electrons. The van der Waals surface area contributed by atoms with Crippen LogP contribution in [0, 0.1) is 5.92 Å². The molecule has 0 N–H and O–H groups in total. The Hall–Kier alpha value is -1.84. The lowest BCUT2D eigenvalue weighted by Crippen LogP contribution is -2.28. The van der Waals surface area contributed by atoms with E-state index in [9.17, 15) is 9.59 Å². The molecule has 2 fully saturated rings. The quantitative estimate of drug-likeness (QED) is 0.776. The van der Waals surface area contributed by atoms with Crippen molar-refractivity contribution >= 4 is 12.4 Å². The lowest BCUT2D eigenvalue weighted by atomic mass is 9.92. The molecular formula is C15H17NO3. The van der Waals surface area contributed by atoms with Gasteiger partial charge in [0.2, 0.25) is 5.91 Å². The number of hydrogen-bond donors (Lipinski definition) is 0. The largest absolute Gasteiger partial charge is 0.459 e. The van der Waals surface area contributed by atoms with E-state index in [1.807, 2.05) is 35.2 Å². The van der Waals surface area contributed by atoms with Crippen LogP contribution in [0.3, 0.4) is 0 Å². The molecule has 1 aromatic carbocycles. The summed E-state index contributed by atoms with van der Waals surface area (Å²) in [6.45, 7) is 1.22. The van der Waals surface area contributed by atoms with Crippen LogP contribution in [0.15, 0.2) is 30.3 Å². The molecule has 0 aromatic heterocycles. The summed E-state index contributed by atoms with van der Waals surface area (Å²) in [5.74, 6) is 0.451. The van der Waals surface area contributed by atoms with Crippen molar-refractivity contribution in [2.24, 2.45) is 5.92 Å². The number of hydrogen-bond acceptors (Lipinski definition) is 3. The van der Waals surface area contributed by atoms with Crippen molar-refractivity contribution in [3.8, 4) is 0 Å². The van der Waals surface area contributed by atoms with Crippen LogP contribution in [0.25, 0.3) is 0 Å². The van der Waals surface area contributed by atoms with E-state index >= 15 is 0 Å². The van der Waals surface area contributed by atoms with E-state index in [2.05, 4.69) is 0 Å². The first-order valence-corrected chi connectivity index (χ1v) is 6.73. The van der Waals surface area contributed by atoms with E-state index in [0.29, 0.717) is 25.5 Å². The number of benzene rings is 1. The molecule has 4 heteroatoms. The zero-order valence-corrected chi connectivity index (χ0v) is 10.7. The average Bonchev–Trinajstić information content (AvgIpc) is 3.00. The molecule has 3 rings (SSSR count). The molecule has 19 heavy (non-hydrogen) atoms. The SMILES string of the molecule is O=CO[C@@H](c1ccccc1)[C@H]1C[C@H]2CCC(=O)N2C1. The van der Waals surface area contributed by atoms with E-state index in [-0.39, 0.29) is 17.9 Å². The summed E-state index contributed by atoms with van der Waals surface area (Å²) in [7, 11) is 0. The Morgan fingerprint density at radius 3 is 2.79 bits per heavy atom. The molecule has 2 heterocycles. The van der Waals surface area contributed by atoms with Gasteiger partial charge in [-0.25, -0.2) is 0 Å². The third-order valence-corrected chi connectivity index (χ3v) is 4.22. The lowest BCUT2D eigenvalue weighted by Gasteiger charge is -2.22. The second-order valence-electron chi connectivity index (χ2n) is 5.30. The first-order valence-electron chi connectivity index (χ1n) is 6.73. The third kappa shape index (κ3) is 2.23. The van der Waals surface area contributed by atoms with Gasteiger partial charge in [-0.15, -0.1) is 0 Å². The summed E-state index contributed by atoms with van der Waals surface area (Å²) in [5, 5.41) is 0. The summed E-state index contributed by atoms with van der Waals surface area (Å²) in [5.41, 5.74) is 1.01. The van der Waals surface area contributed by atoms with Gasteiger partial charge in [-0.2, -0.15) is 0 Å². The summed E-state index contributed by atoms with van der Waals surface area (Å²) in [6, 6.07) is 10.1. The van der Waals surface area contributed by atoms with Crippen LogP contribution in [0.2, 0.25) is 0 Å². The second-order valence-corrected chi connectivity index (χ2v) is 5.30. The highest BCUT2D eigenvalue weighted by molar-refractivity contribution is 5.79. The van der Waals surface area contributed by atoms with Gasteiger partial charge in [0.1, 0.15) is 6.10 Å². The monoisotopic (exact) mass is 259 g/mol. The lowest BCUT2D eigenvalue weighted by molar-refractivity contribution is -0.136. The first kappa shape index (κ1) is 12.2. The number of ether oxygens (including phenoxy) is 1. The van der Waals surface area contributed by atoms with Crippen LogP contribution < -0.4 is 0 Å². The standard InChI is InChI=1S/C15H17NO3/c17-10-19-15(11-4-2-1-3-5-11)12-8-13-6-7-14(18)16(13)9-12/h1-5,10,12-13,15H,6-9H2/t12-,13+,15-/m0/s1. The fraction of sp³-hybridized carbons (Fsp3) is 0.467. The minimum atomic E-state index is -0.239. The minimum absolute atomic E-state index is 0.210. The predicted molar refractivity (Wildman–Crippen MR) is 69.2 cm³/mol. The third-order valence-electron chi connectivity index (χ3n) is 4.22. The van der Waals surface area contributed by atoms with Crippen molar-refractivity contribution in [3.05, 3.63) is 35.9 Å². The highest BCUT2D eigenvalue weighted by atomic mass is 16.5. The van der Waals surface area contributed by atoms with E-state index in [0.717, 1.165) is 18.4 Å². The van der Waals surface area contributed by atoms with E-state index in [4.69, 9.17) is 4.74 Å². The summed E-state index contributed by atoms with van der Waals surface area (Å²) < 4.78 is 5.29. The molecule has 2 aliphatic rings. The van der Waals surface area contributed by atoms with Crippen LogP contribution in [-0.2, 0) is 14.3 Å². The maximum atomic E-state index is 11.7. The molecule has 0 bridgehead atoms. The fourth-order valence-corrected chi connectivity index (χ4v) is 3.35. The highest BCUT2D eigenvalue weighted by Gasteiger charge is 2.43. The van der Waals surface area contributed by atoms with Gasteiger partial charge in [-0.3, -0.25) is 9.59 Å². The maximum Gasteiger partial charge on any atom is 0.293 e. The number of nitrogens with zero attached hydrogens (tertiary/aromatic N) is 1. The van der Waals surface area contributed by atoms with Gasteiger partial charge in [0.15, 0.2) is 0 Å². The molecule has 0 saturated carbocycles. The Labute approximate surface area is 112 Å². The van der Waals surface area contributed by atoms with Crippen molar-refractivity contribution < 1.29 is 14.3 Å². The highest BCUT2D eigenvalue weighted by Crippen LogP contribution is 2.39. The zero-order valence-electron chi connectivity index (χ0n) is 10.7. The minimum Gasteiger partial charge on any atom is -0.459 e. The number of carbonyl (C=O) groups is 2. The van der Waals surface area contributed by atoms with Gasteiger partial charge in [-0.1, -0.05) is 30.3 Å². The van der Waals surface area contributed by atoms with Crippen molar-refractivity contribution in [3.63, 3.8) is 0 Å².